The van der Waals surface area contributed by atoms with Gasteiger partial charge in [-0.2, -0.15) is 0 Å². The molecular weight excluding hydrogens is 271 g/mol. The van der Waals surface area contributed by atoms with Crippen LogP contribution in [0, 0.1) is 5.82 Å². The maximum Gasteiger partial charge on any atom is 0.322 e. The number of rotatable bonds is 1. The Hall–Kier alpha value is -1.91. The van der Waals surface area contributed by atoms with Gasteiger partial charge in [0.1, 0.15) is 5.82 Å². The van der Waals surface area contributed by atoms with Gasteiger partial charge in [-0.1, -0.05) is 19.3 Å². The maximum atomic E-state index is 13.3. The van der Waals surface area contributed by atoms with Crippen LogP contribution in [0.25, 0.3) is 0 Å². The van der Waals surface area contributed by atoms with Gasteiger partial charge < -0.3 is 5.32 Å². The second-order valence-corrected chi connectivity index (χ2v) is 5.77. The molecule has 0 atom stereocenters. The number of carbonyl (C=O) groups is 2. The van der Waals surface area contributed by atoms with Crippen LogP contribution in [0.5, 0.6) is 0 Å². The third-order valence-electron chi connectivity index (χ3n) is 4.29. The molecule has 0 unspecified atom stereocenters. The summed E-state index contributed by atoms with van der Waals surface area (Å²) < 4.78 is 13.3. The first kappa shape index (κ1) is 14.0. The molecule has 1 aliphatic heterocycles. The number of Topliss-reactive ketones (excluding diaryl/α,β-unsaturated/α-hetero) is 1. The topological polar surface area (TPSA) is 49.4 Å². The number of halogens is 1. The SMILES string of the molecule is O=C1CCN(C(=O)NC2CCCCC2)c2ccc(F)cc21. The molecule has 1 heterocycles. The highest BCUT2D eigenvalue weighted by Gasteiger charge is 2.29. The number of hydrogen-bond acceptors (Lipinski definition) is 2. The van der Waals surface area contributed by atoms with Crippen LogP contribution in [-0.2, 0) is 0 Å². The van der Waals surface area contributed by atoms with Gasteiger partial charge in [0.25, 0.3) is 0 Å². The Bertz CT molecular complexity index is 567. The summed E-state index contributed by atoms with van der Waals surface area (Å²) in [5.74, 6) is -0.553. The molecule has 5 heteroatoms. The minimum absolute atomic E-state index is 0.105. The minimum atomic E-state index is -0.448. The van der Waals surface area contributed by atoms with Crippen molar-refractivity contribution in [1.29, 1.82) is 0 Å². The smallest absolute Gasteiger partial charge is 0.322 e. The molecule has 2 amide bonds. The molecule has 1 aromatic carbocycles. The lowest BCUT2D eigenvalue weighted by molar-refractivity contribution is 0.0980. The number of carbonyl (C=O) groups excluding carboxylic acids is 2. The summed E-state index contributed by atoms with van der Waals surface area (Å²) >= 11 is 0. The van der Waals surface area contributed by atoms with E-state index >= 15 is 0 Å². The van der Waals surface area contributed by atoms with Crippen molar-refractivity contribution in [3.63, 3.8) is 0 Å². The molecule has 1 fully saturated rings. The Kier molecular flexibility index (Phi) is 3.90. The van der Waals surface area contributed by atoms with E-state index < -0.39 is 5.82 Å². The van der Waals surface area contributed by atoms with Gasteiger partial charge in [-0.05, 0) is 31.0 Å². The Morgan fingerprint density at radius 1 is 1.24 bits per heavy atom. The minimum Gasteiger partial charge on any atom is -0.335 e. The van der Waals surface area contributed by atoms with E-state index in [1.54, 1.807) is 4.90 Å². The Labute approximate surface area is 123 Å². The maximum absolute atomic E-state index is 13.3. The number of urea groups is 1. The first-order chi connectivity index (χ1) is 10.1. The molecule has 0 spiro atoms. The molecule has 0 aromatic heterocycles. The monoisotopic (exact) mass is 290 g/mol. The second-order valence-electron chi connectivity index (χ2n) is 5.77. The predicted octanol–water partition coefficient (Wildman–Crippen LogP) is 3.26. The number of nitrogens with zero attached hydrogens (tertiary/aromatic N) is 1. The van der Waals surface area contributed by atoms with Gasteiger partial charge in [0, 0.05) is 24.6 Å². The first-order valence-electron chi connectivity index (χ1n) is 7.56. The average molecular weight is 290 g/mol. The highest BCUT2D eigenvalue weighted by Crippen LogP contribution is 2.28. The highest BCUT2D eigenvalue weighted by molar-refractivity contribution is 6.08. The van der Waals surface area contributed by atoms with Crippen LogP contribution in [0.2, 0.25) is 0 Å². The Morgan fingerprint density at radius 2 is 2.00 bits per heavy atom. The van der Waals surface area contributed by atoms with Crippen LogP contribution >= 0.6 is 0 Å². The zero-order chi connectivity index (χ0) is 14.8. The van der Waals surface area contributed by atoms with Gasteiger partial charge in [-0.3, -0.25) is 9.69 Å². The van der Waals surface area contributed by atoms with E-state index in [0.717, 1.165) is 25.7 Å². The first-order valence-corrected chi connectivity index (χ1v) is 7.56. The van der Waals surface area contributed by atoms with Crippen molar-refractivity contribution in [3.05, 3.63) is 29.6 Å². The number of anilines is 1. The molecule has 112 valence electrons. The zero-order valence-electron chi connectivity index (χ0n) is 11.9. The molecule has 2 aliphatic rings. The van der Waals surface area contributed by atoms with Crippen LogP contribution < -0.4 is 10.2 Å². The van der Waals surface area contributed by atoms with Gasteiger partial charge in [0.2, 0.25) is 0 Å². The number of amides is 2. The summed E-state index contributed by atoms with van der Waals surface area (Å²) in [6.45, 7) is 0.357. The third-order valence-corrected chi connectivity index (χ3v) is 4.29. The largest absolute Gasteiger partial charge is 0.335 e. The lowest BCUT2D eigenvalue weighted by Gasteiger charge is -2.31. The van der Waals surface area contributed by atoms with Crippen LogP contribution in [0.15, 0.2) is 18.2 Å². The van der Waals surface area contributed by atoms with Crippen molar-refractivity contribution in [1.82, 2.24) is 5.32 Å². The summed E-state index contributed by atoms with van der Waals surface area (Å²) in [5, 5.41) is 3.04. The summed E-state index contributed by atoms with van der Waals surface area (Å²) in [6.07, 6.45) is 5.78. The highest BCUT2D eigenvalue weighted by atomic mass is 19.1. The summed E-state index contributed by atoms with van der Waals surface area (Å²) in [6, 6.07) is 4.06. The molecule has 1 saturated carbocycles. The number of fused-ring (bicyclic) bond motifs is 1. The number of ketones is 1. The molecule has 0 radical (unpaired) electrons. The Morgan fingerprint density at radius 3 is 2.76 bits per heavy atom. The van der Waals surface area contributed by atoms with Crippen molar-refractivity contribution in [2.45, 2.75) is 44.6 Å². The lowest BCUT2D eigenvalue weighted by Crippen LogP contribution is -2.48. The molecule has 1 aromatic rings. The molecule has 3 rings (SSSR count). The summed E-state index contributed by atoms with van der Waals surface area (Å²) in [4.78, 5) is 25.9. The zero-order valence-corrected chi connectivity index (χ0v) is 11.9. The van der Waals surface area contributed by atoms with Gasteiger partial charge in [0.15, 0.2) is 5.78 Å². The summed E-state index contributed by atoms with van der Waals surface area (Å²) in [7, 11) is 0. The van der Waals surface area contributed by atoms with E-state index in [2.05, 4.69) is 5.32 Å². The van der Waals surface area contributed by atoms with E-state index in [1.165, 1.54) is 24.6 Å². The van der Waals surface area contributed by atoms with E-state index in [0.29, 0.717) is 17.8 Å². The quantitative estimate of drug-likeness (QED) is 0.863. The molecule has 1 aliphatic carbocycles. The van der Waals surface area contributed by atoms with Gasteiger partial charge >= 0.3 is 6.03 Å². The number of benzene rings is 1. The van der Waals surface area contributed by atoms with Crippen LogP contribution in [-0.4, -0.2) is 24.4 Å². The molecule has 4 nitrogen and oxygen atoms in total. The predicted molar refractivity (Wildman–Crippen MR) is 78.1 cm³/mol. The van der Waals surface area contributed by atoms with Crippen molar-refractivity contribution in [2.75, 3.05) is 11.4 Å². The molecule has 0 bridgehead atoms. The van der Waals surface area contributed by atoms with Gasteiger partial charge in [-0.15, -0.1) is 0 Å². The fourth-order valence-corrected chi connectivity index (χ4v) is 3.15. The van der Waals surface area contributed by atoms with Crippen molar-refractivity contribution >= 4 is 17.5 Å². The number of nitrogens with one attached hydrogen (secondary N) is 1. The fourth-order valence-electron chi connectivity index (χ4n) is 3.15. The Balaban J connectivity index is 1.78. The van der Waals surface area contributed by atoms with Crippen LogP contribution in [0.1, 0.15) is 48.9 Å². The van der Waals surface area contributed by atoms with Crippen molar-refractivity contribution < 1.29 is 14.0 Å². The molecule has 21 heavy (non-hydrogen) atoms. The molecule has 1 N–H and O–H groups in total. The van der Waals surface area contributed by atoms with E-state index in [4.69, 9.17) is 0 Å². The van der Waals surface area contributed by atoms with Crippen LogP contribution in [0.4, 0.5) is 14.9 Å². The summed E-state index contributed by atoms with van der Waals surface area (Å²) in [5.41, 5.74) is 0.820. The lowest BCUT2D eigenvalue weighted by atomic mass is 9.95. The van der Waals surface area contributed by atoms with Crippen molar-refractivity contribution in [3.8, 4) is 0 Å². The second kappa shape index (κ2) is 5.84. The number of hydrogen-bond donors (Lipinski definition) is 1. The van der Waals surface area contributed by atoms with E-state index in [-0.39, 0.29) is 24.3 Å². The van der Waals surface area contributed by atoms with Crippen LogP contribution in [0.3, 0.4) is 0 Å². The van der Waals surface area contributed by atoms with E-state index in [9.17, 15) is 14.0 Å². The molecular formula is C16H19FN2O2. The fraction of sp³-hybridized carbons (Fsp3) is 0.500. The van der Waals surface area contributed by atoms with Gasteiger partial charge in [0.05, 0.1) is 5.69 Å². The average Bonchev–Trinajstić information content (AvgIpc) is 2.49. The molecule has 0 saturated heterocycles. The standard InChI is InChI=1S/C16H19FN2O2/c17-11-6-7-14-13(10-11)15(20)8-9-19(14)16(21)18-12-4-2-1-3-5-12/h6-7,10,12H,1-5,8-9H2,(H,18,21). The van der Waals surface area contributed by atoms with E-state index in [1.807, 2.05) is 0 Å². The third kappa shape index (κ3) is 2.91. The van der Waals surface area contributed by atoms with Gasteiger partial charge in [-0.25, -0.2) is 9.18 Å². The van der Waals surface area contributed by atoms with Crippen molar-refractivity contribution in [2.24, 2.45) is 0 Å². The normalized spacial score (nSPS) is 19.3.